The average molecular weight is 281 g/mol. The minimum atomic E-state index is -0.104. The van der Waals surface area contributed by atoms with Crippen molar-refractivity contribution in [1.29, 1.82) is 0 Å². The molecule has 1 aromatic rings. The van der Waals surface area contributed by atoms with Gasteiger partial charge in [0.15, 0.2) is 0 Å². The highest BCUT2D eigenvalue weighted by atomic mass is 79.9. The quantitative estimate of drug-likeness (QED) is 0.646. The van der Waals surface area contributed by atoms with Crippen molar-refractivity contribution in [2.75, 3.05) is 5.73 Å². The summed E-state index contributed by atoms with van der Waals surface area (Å²) in [4.78, 5) is 11.9. The summed E-state index contributed by atoms with van der Waals surface area (Å²) in [6, 6.07) is 5.51. The summed E-state index contributed by atoms with van der Waals surface area (Å²) in [5.74, 6) is -0.104. The van der Waals surface area contributed by atoms with Crippen LogP contribution in [-0.4, -0.2) is 11.9 Å². The van der Waals surface area contributed by atoms with Crippen LogP contribution < -0.4 is 11.1 Å². The molecule has 4 heteroatoms. The third kappa shape index (κ3) is 2.44. The lowest BCUT2D eigenvalue weighted by Gasteiger charge is -2.13. The van der Waals surface area contributed by atoms with Crippen LogP contribution in [0.5, 0.6) is 0 Å². The Hall–Kier alpha value is -1.29. The topological polar surface area (TPSA) is 55.1 Å². The summed E-state index contributed by atoms with van der Waals surface area (Å²) in [6.45, 7) is 0. The van der Waals surface area contributed by atoms with Crippen molar-refractivity contribution in [3.05, 3.63) is 40.4 Å². The Morgan fingerprint density at radius 1 is 1.38 bits per heavy atom. The standard InChI is InChI=1S/C12H13BrN2O/c13-8-5-6-11(14)10(7-8)12(16)15-9-3-1-2-4-9/h1-2,5-7,9H,3-4,14H2,(H,15,16). The van der Waals surface area contributed by atoms with Gasteiger partial charge in [-0.3, -0.25) is 4.79 Å². The van der Waals surface area contributed by atoms with Gasteiger partial charge in [-0.1, -0.05) is 28.1 Å². The van der Waals surface area contributed by atoms with E-state index < -0.39 is 0 Å². The van der Waals surface area contributed by atoms with Crippen molar-refractivity contribution < 1.29 is 4.79 Å². The van der Waals surface area contributed by atoms with Crippen molar-refractivity contribution in [2.24, 2.45) is 0 Å². The van der Waals surface area contributed by atoms with Crippen molar-refractivity contribution in [1.82, 2.24) is 5.32 Å². The van der Waals surface area contributed by atoms with Crippen LogP contribution in [0.2, 0.25) is 0 Å². The molecule has 16 heavy (non-hydrogen) atoms. The minimum absolute atomic E-state index is 0.104. The highest BCUT2D eigenvalue weighted by Gasteiger charge is 2.16. The third-order valence-electron chi connectivity index (χ3n) is 2.60. The third-order valence-corrected chi connectivity index (χ3v) is 3.10. The summed E-state index contributed by atoms with van der Waals surface area (Å²) in [5, 5.41) is 2.96. The summed E-state index contributed by atoms with van der Waals surface area (Å²) in [5.41, 5.74) is 6.80. The molecule has 0 saturated heterocycles. The van der Waals surface area contributed by atoms with Crippen molar-refractivity contribution in [3.63, 3.8) is 0 Å². The smallest absolute Gasteiger partial charge is 0.253 e. The van der Waals surface area contributed by atoms with Crippen LogP contribution >= 0.6 is 15.9 Å². The molecule has 0 aromatic heterocycles. The summed E-state index contributed by atoms with van der Waals surface area (Å²) in [6.07, 6.45) is 5.96. The molecular weight excluding hydrogens is 268 g/mol. The number of rotatable bonds is 2. The second-order valence-electron chi connectivity index (χ2n) is 3.84. The normalized spacial score (nSPS) is 15.3. The molecule has 2 rings (SSSR count). The highest BCUT2D eigenvalue weighted by molar-refractivity contribution is 9.10. The van der Waals surface area contributed by atoms with Crippen molar-refractivity contribution in [3.8, 4) is 0 Å². The maximum absolute atomic E-state index is 11.9. The Morgan fingerprint density at radius 3 is 2.75 bits per heavy atom. The van der Waals surface area contributed by atoms with Crippen molar-refractivity contribution >= 4 is 27.5 Å². The zero-order valence-corrected chi connectivity index (χ0v) is 10.3. The average Bonchev–Trinajstić information content (AvgIpc) is 2.74. The van der Waals surface area contributed by atoms with E-state index in [1.54, 1.807) is 12.1 Å². The van der Waals surface area contributed by atoms with Gasteiger partial charge in [0, 0.05) is 16.2 Å². The Labute approximate surface area is 103 Å². The number of carbonyl (C=O) groups is 1. The molecule has 0 aliphatic heterocycles. The fourth-order valence-corrected chi connectivity index (χ4v) is 2.08. The van der Waals surface area contributed by atoms with Gasteiger partial charge in [0.2, 0.25) is 0 Å². The largest absolute Gasteiger partial charge is 0.398 e. The molecule has 3 N–H and O–H groups in total. The predicted molar refractivity (Wildman–Crippen MR) is 68.2 cm³/mol. The Kier molecular flexibility index (Phi) is 3.29. The van der Waals surface area contributed by atoms with E-state index in [-0.39, 0.29) is 11.9 Å². The molecule has 3 nitrogen and oxygen atoms in total. The van der Waals surface area contributed by atoms with Gasteiger partial charge in [0.05, 0.1) is 5.56 Å². The Balaban J connectivity index is 2.10. The molecule has 0 heterocycles. The first kappa shape index (κ1) is 11.2. The fourth-order valence-electron chi connectivity index (χ4n) is 1.72. The number of hydrogen-bond donors (Lipinski definition) is 2. The summed E-state index contributed by atoms with van der Waals surface area (Å²) >= 11 is 3.33. The van der Waals surface area contributed by atoms with Crippen LogP contribution in [0.15, 0.2) is 34.8 Å². The predicted octanol–water partition coefficient (Wildman–Crippen LogP) is 2.48. The number of amides is 1. The lowest BCUT2D eigenvalue weighted by molar-refractivity contribution is 0.0940. The Bertz CT molecular complexity index is 435. The van der Waals surface area contributed by atoms with E-state index in [0.717, 1.165) is 17.3 Å². The second kappa shape index (κ2) is 4.70. The van der Waals surface area contributed by atoms with Gasteiger partial charge in [-0.15, -0.1) is 0 Å². The first-order chi connectivity index (χ1) is 7.66. The number of benzene rings is 1. The van der Waals surface area contributed by atoms with Gasteiger partial charge in [-0.2, -0.15) is 0 Å². The SMILES string of the molecule is Nc1ccc(Br)cc1C(=O)NC1CC=CC1. The number of halogens is 1. The van der Waals surface area contributed by atoms with Gasteiger partial charge >= 0.3 is 0 Å². The summed E-state index contributed by atoms with van der Waals surface area (Å²) < 4.78 is 0.858. The van der Waals surface area contributed by atoms with Gasteiger partial charge in [0.25, 0.3) is 5.91 Å². The van der Waals surface area contributed by atoms with Crippen LogP contribution in [0.1, 0.15) is 23.2 Å². The van der Waals surface area contributed by atoms with Crippen LogP contribution in [0.25, 0.3) is 0 Å². The molecular formula is C12H13BrN2O. The summed E-state index contributed by atoms with van der Waals surface area (Å²) in [7, 11) is 0. The fraction of sp³-hybridized carbons (Fsp3) is 0.250. The van der Waals surface area contributed by atoms with Gasteiger partial charge in [-0.25, -0.2) is 0 Å². The molecule has 0 bridgehead atoms. The van der Waals surface area contributed by atoms with E-state index in [2.05, 4.69) is 33.4 Å². The number of carbonyl (C=O) groups excluding carboxylic acids is 1. The molecule has 1 aliphatic carbocycles. The molecule has 1 aromatic carbocycles. The van der Waals surface area contributed by atoms with Crippen LogP contribution in [0, 0.1) is 0 Å². The lowest BCUT2D eigenvalue weighted by atomic mass is 10.1. The maximum atomic E-state index is 11.9. The number of nitrogen functional groups attached to an aromatic ring is 1. The van der Waals surface area contributed by atoms with E-state index in [0.29, 0.717) is 11.3 Å². The number of hydrogen-bond acceptors (Lipinski definition) is 2. The minimum Gasteiger partial charge on any atom is -0.398 e. The van der Waals surface area contributed by atoms with E-state index in [1.165, 1.54) is 0 Å². The highest BCUT2D eigenvalue weighted by Crippen LogP contribution is 2.19. The number of nitrogens with two attached hydrogens (primary N) is 1. The zero-order valence-electron chi connectivity index (χ0n) is 8.74. The van der Waals surface area contributed by atoms with Crippen LogP contribution in [-0.2, 0) is 0 Å². The van der Waals surface area contributed by atoms with Gasteiger partial charge in [0.1, 0.15) is 0 Å². The van der Waals surface area contributed by atoms with Gasteiger partial charge < -0.3 is 11.1 Å². The van der Waals surface area contributed by atoms with E-state index in [9.17, 15) is 4.79 Å². The first-order valence-corrected chi connectivity index (χ1v) is 5.97. The van der Waals surface area contributed by atoms with Crippen molar-refractivity contribution in [2.45, 2.75) is 18.9 Å². The lowest BCUT2D eigenvalue weighted by Crippen LogP contribution is -2.33. The monoisotopic (exact) mass is 280 g/mol. The zero-order chi connectivity index (χ0) is 11.5. The van der Waals surface area contributed by atoms with E-state index in [1.807, 2.05) is 6.07 Å². The number of anilines is 1. The molecule has 84 valence electrons. The molecule has 0 saturated carbocycles. The van der Waals surface area contributed by atoms with Gasteiger partial charge in [-0.05, 0) is 31.0 Å². The number of nitrogens with one attached hydrogen (secondary N) is 1. The first-order valence-electron chi connectivity index (χ1n) is 5.17. The van der Waals surface area contributed by atoms with E-state index >= 15 is 0 Å². The molecule has 0 spiro atoms. The molecule has 0 unspecified atom stereocenters. The molecule has 1 aliphatic rings. The van der Waals surface area contributed by atoms with Crippen LogP contribution in [0.4, 0.5) is 5.69 Å². The van der Waals surface area contributed by atoms with Crippen LogP contribution in [0.3, 0.4) is 0 Å². The van der Waals surface area contributed by atoms with E-state index in [4.69, 9.17) is 5.73 Å². The Morgan fingerprint density at radius 2 is 2.06 bits per heavy atom. The molecule has 0 fully saturated rings. The maximum Gasteiger partial charge on any atom is 0.253 e. The molecule has 1 amide bonds. The second-order valence-corrected chi connectivity index (χ2v) is 4.76. The molecule has 0 radical (unpaired) electrons. The molecule has 0 atom stereocenters.